The third kappa shape index (κ3) is 4.49. The van der Waals surface area contributed by atoms with E-state index in [1.54, 1.807) is 36.4 Å². The minimum Gasteiger partial charge on any atom is -0.497 e. The van der Waals surface area contributed by atoms with Crippen molar-refractivity contribution < 1.29 is 14.3 Å². The number of hydrogen-bond acceptors (Lipinski definition) is 5. The summed E-state index contributed by atoms with van der Waals surface area (Å²) in [5.41, 5.74) is -0.722. The average Bonchev–Trinajstić information content (AvgIpc) is 2.72. The van der Waals surface area contributed by atoms with Crippen molar-refractivity contribution in [3.05, 3.63) is 80.6 Å². The Morgan fingerprint density at radius 3 is 2.38 bits per heavy atom. The van der Waals surface area contributed by atoms with Gasteiger partial charge in [0.25, 0.3) is 0 Å². The third-order valence-electron chi connectivity index (χ3n) is 4.16. The first-order chi connectivity index (χ1) is 13.9. The van der Waals surface area contributed by atoms with E-state index in [0.29, 0.717) is 27.9 Å². The molecule has 3 rings (SSSR count). The van der Waals surface area contributed by atoms with E-state index in [1.165, 1.54) is 37.2 Å². The lowest BCUT2D eigenvalue weighted by Gasteiger charge is -2.12. The first-order valence-corrected chi connectivity index (χ1v) is 8.90. The number of nitrogens with one attached hydrogen (secondary N) is 1. The van der Waals surface area contributed by atoms with Crippen LogP contribution in [0.1, 0.15) is 0 Å². The summed E-state index contributed by atoms with van der Waals surface area (Å²) in [6.45, 7) is -0.340. The summed E-state index contributed by atoms with van der Waals surface area (Å²) in [5.74, 6) is 0.544. The molecule has 1 heterocycles. The monoisotopic (exact) mass is 415 g/mol. The van der Waals surface area contributed by atoms with Gasteiger partial charge in [0.1, 0.15) is 18.0 Å². The molecule has 0 fully saturated rings. The molecule has 0 aliphatic heterocycles. The highest BCUT2D eigenvalue weighted by Gasteiger charge is 2.12. The summed E-state index contributed by atoms with van der Waals surface area (Å²) in [5, 5.41) is 3.04. The van der Waals surface area contributed by atoms with E-state index in [1.807, 2.05) is 0 Å². The van der Waals surface area contributed by atoms with E-state index < -0.39 is 17.0 Å². The topological polar surface area (TPSA) is 91.6 Å². The van der Waals surface area contributed by atoms with Gasteiger partial charge in [0, 0.05) is 23.1 Å². The molecule has 0 aliphatic carbocycles. The molecule has 0 bridgehead atoms. The normalized spacial score (nSPS) is 10.4. The number of rotatable bonds is 6. The number of carbonyl (C=O) groups is 1. The second-order valence-electron chi connectivity index (χ2n) is 6.00. The zero-order valence-corrected chi connectivity index (χ0v) is 16.5. The van der Waals surface area contributed by atoms with Gasteiger partial charge in [0.15, 0.2) is 0 Å². The van der Waals surface area contributed by atoms with Crippen molar-refractivity contribution in [1.29, 1.82) is 0 Å². The van der Waals surface area contributed by atoms with Crippen molar-refractivity contribution in [2.75, 3.05) is 19.5 Å². The summed E-state index contributed by atoms with van der Waals surface area (Å²) in [6, 6.07) is 11.4. The maximum Gasteiger partial charge on any atom is 0.320 e. The minimum atomic E-state index is -0.823. The molecule has 0 aliphatic rings. The number of halogens is 1. The van der Waals surface area contributed by atoms with E-state index in [-0.39, 0.29) is 6.54 Å². The van der Waals surface area contributed by atoms with Crippen molar-refractivity contribution in [1.82, 2.24) is 9.13 Å². The van der Waals surface area contributed by atoms with Crippen LogP contribution < -0.4 is 25.9 Å². The van der Waals surface area contributed by atoms with Gasteiger partial charge in [-0.2, -0.15) is 0 Å². The van der Waals surface area contributed by atoms with Crippen LogP contribution in [0.5, 0.6) is 11.5 Å². The van der Waals surface area contributed by atoms with E-state index in [4.69, 9.17) is 21.1 Å². The average molecular weight is 416 g/mol. The van der Waals surface area contributed by atoms with E-state index >= 15 is 0 Å². The molecule has 150 valence electrons. The number of ether oxygens (including phenoxy) is 2. The van der Waals surface area contributed by atoms with Gasteiger partial charge in [-0.25, -0.2) is 0 Å². The molecule has 8 nitrogen and oxygen atoms in total. The lowest BCUT2D eigenvalue weighted by Crippen LogP contribution is -2.41. The van der Waals surface area contributed by atoms with E-state index in [2.05, 4.69) is 5.32 Å². The molecule has 0 spiro atoms. The standard InChI is InChI=1S/C20H18ClN3O5/c1-28-15-6-4-14(5-7-15)24-10-9-23(19(26)20(24)27)12-18(25)22-16-11-13(21)3-8-17(16)29-2/h3-11H,12H2,1-2H3,(H,22,25). The number of hydrogen-bond donors (Lipinski definition) is 1. The van der Waals surface area contributed by atoms with Crippen LogP contribution in [-0.2, 0) is 11.3 Å². The molecule has 29 heavy (non-hydrogen) atoms. The Balaban J connectivity index is 1.82. The van der Waals surface area contributed by atoms with Gasteiger partial charge in [-0.15, -0.1) is 0 Å². The zero-order chi connectivity index (χ0) is 21.0. The molecule has 0 radical (unpaired) electrons. The van der Waals surface area contributed by atoms with Crippen LogP contribution in [-0.4, -0.2) is 29.3 Å². The lowest BCUT2D eigenvalue weighted by molar-refractivity contribution is -0.116. The molecule has 9 heteroatoms. The first kappa shape index (κ1) is 20.2. The van der Waals surface area contributed by atoms with Gasteiger partial charge < -0.3 is 14.8 Å². The van der Waals surface area contributed by atoms with Gasteiger partial charge >= 0.3 is 11.1 Å². The summed E-state index contributed by atoms with van der Waals surface area (Å²) in [6.07, 6.45) is 2.81. The van der Waals surface area contributed by atoms with E-state index in [0.717, 1.165) is 4.57 Å². The van der Waals surface area contributed by atoms with Crippen LogP contribution >= 0.6 is 11.6 Å². The smallest absolute Gasteiger partial charge is 0.320 e. The predicted molar refractivity (Wildman–Crippen MR) is 109 cm³/mol. The predicted octanol–water partition coefficient (Wildman–Crippen LogP) is 2.31. The SMILES string of the molecule is COc1ccc(-n2ccn(CC(=O)Nc3cc(Cl)ccc3OC)c(=O)c2=O)cc1. The van der Waals surface area contributed by atoms with Crippen molar-refractivity contribution in [2.45, 2.75) is 6.54 Å². The first-order valence-electron chi connectivity index (χ1n) is 8.53. The molecule has 1 amide bonds. The van der Waals surface area contributed by atoms with Crippen LogP contribution in [0.15, 0.2) is 64.4 Å². The highest BCUT2D eigenvalue weighted by atomic mass is 35.5. The summed E-state index contributed by atoms with van der Waals surface area (Å²) < 4.78 is 12.5. The fourth-order valence-corrected chi connectivity index (χ4v) is 2.87. The summed E-state index contributed by atoms with van der Waals surface area (Å²) in [7, 11) is 2.99. The Morgan fingerprint density at radius 1 is 1.00 bits per heavy atom. The second-order valence-corrected chi connectivity index (χ2v) is 6.43. The van der Waals surface area contributed by atoms with Crippen molar-refractivity contribution in [2.24, 2.45) is 0 Å². The molecule has 0 unspecified atom stereocenters. The maximum atomic E-state index is 12.5. The highest BCUT2D eigenvalue weighted by Crippen LogP contribution is 2.27. The van der Waals surface area contributed by atoms with Gasteiger partial charge in [-0.3, -0.25) is 23.5 Å². The Hall–Kier alpha value is -3.52. The molecular formula is C20H18ClN3O5. The van der Waals surface area contributed by atoms with Crippen molar-refractivity contribution >= 4 is 23.2 Å². The molecule has 0 atom stereocenters. The van der Waals surface area contributed by atoms with Crippen LogP contribution in [0, 0.1) is 0 Å². The third-order valence-corrected chi connectivity index (χ3v) is 4.39. The van der Waals surface area contributed by atoms with Gasteiger partial charge in [-0.05, 0) is 42.5 Å². The van der Waals surface area contributed by atoms with Crippen molar-refractivity contribution in [3.63, 3.8) is 0 Å². The van der Waals surface area contributed by atoms with Crippen LogP contribution in [0.4, 0.5) is 5.69 Å². The minimum absolute atomic E-state index is 0.340. The Labute approximate surface area is 170 Å². The molecule has 3 aromatic rings. The fraction of sp³-hybridized carbons (Fsp3) is 0.150. The number of anilines is 1. The molecule has 2 aromatic carbocycles. The zero-order valence-electron chi connectivity index (χ0n) is 15.7. The molecule has 1 aromatic heterocycles. The van der Waals surface area contributed by atoms with Crippen LogP contribution in [0.2, 0.25) is 5.02 Å². The largest absolute Gasteiger partial charge is 0.497 e. The number of methoxy groups -OCH3 is 2. The molecule has 0 saturated heterocycles. The fourth-order valence-electron chi connectivity index (χ4n) is 2.70. The quantitative estimate of drug-likeness (QED) is 0.624. The van der Waals surface area contributed by atoms with Crippen molar-refractivity contribution in [3.8, 4) is 17.2 Å². The van der Waals surface area contributed by atoms with Crippen LogP contribution in [0.25, 0.3) is 5.69 Å². The molecule has 0 saturated carbocycles. The summed E-state index contributed by atoms with van der Waals surface area (Å²) >= 11 is 5.94. The molecular weight excluding hydrogens is 398 g/mol. The molecule has 1 N–H and O–H groups in total. The van der Waals surface area contributed by atoms with Gasteiger partial charge in [0.2, 0.25) is 5.91 Å². The number of aromatic nitrogens is 2. The number of benzene rings is 2. The Morgan fingerprint density at radius 2 is 1.72 bits per heavy atom. The Kier molecular flexibility index (Phi) is 6.04. The lowest BCUT2D eigenvalue weighted by atomic mass is 10.3. The van der Waals surface area contributed by atoms with Gasteiger partial charge in [0.05, 0.1) is 19.9 Å². The number of carbonyl (C=O) groups excluding carboxylic acids is 1. The number of amides is 1. The van der Waals surface area contributed by atoms with E-state index in [9.17, 15) is 14.4 Å². The Bertz CT molecular complexity index is 1150. The maximum absolute atomic E-state index is 12.5. The van der Waals surface area contributed by atoms with Crippen LogP contribution in [0.3, 0.4) is 0 Å². The summed E-state index contributed by atoms with van der Waals surface area (Å²) in [4.78, 5) is 37.2. The number of nitrogens with zero attached hydrogens (tertiary/aromatic N) is 2. The second kappa shape index (κ2) is 8.66. The van der Waals surface area contributed by atoms with Gasteiger partial charge in [-0.1, -0.05) is 11.6 Å². The highest BCUT2D eigenvalue weighted by molar-refractivity contribution is 6.31.